The first kappa shape index (κ1) is 19.4. The van der Waals surface area contributed by atoms with Crippen LogP contribution in [0.3, 0.4) is 0 Å². The summed E-state index contributed by atoms with van der Waals surface area (Å²) >= 11 is 6.00. The highest BCUT2D eigenvalue weighted by Gasteiger charge is 2.26. The van der Waals surface area contributed by atoms with Crippen LogP contribution in [0.2, 0.25) is 0 Å². The number of fused-ring (bicyclic) bond motifs is 2. The molecule has 0 spiro atoms. The van der Waals surface area contributed by atoms with Crippen LogP contribution in [-0.4, -0.2) is 8.42 Å². The Hall–Kier alpha value is -0.890. The minimum absolute atomic E-state index is 0.351. The van der Waals surface area contributed by atoms with Crippen molar-refractivity contribution in [1.29, 1.82) is 0 Å². The van der Waals surface area contributed by atoms with Crippen LogP contribution in [0.5, 0.6) is 0 Å². The third-order valence-electron chi connectivity index (χ3n) is 3.90. The summed E-state index contributed by atoms with van der Waals surface area (Å²) in [5, 5.41) is 1.33. The summed E-state index contributed by atoms with van der Waals surface area (Å²) in [5.41, 5.74) is 0. The molecule has 0 fully saturated rings. The Morgan fingerprint density at radius 3 is 1.48 bits per heavy atom. The molecule has 0 bridgehead atoms. The van der Waals surface area contributed by atoms with E-state index in [0.717, 1.165) is 29.8 Å². The van der Waals surface area contributed by atoms with E-state index in [0.29, 0.717) is 20.2 Å². The van der Waals surface area contributed by atoms with Crippen LogP contribution in [0.1, 0.15) is 0 Å². The van der Waals surface area contributed by atoms with Crippen molar-refractivity contribution in [3.8, 4) is 0 Å². The van der Waals surface area contributed by atoms with E-state index in [1.165, 1.54) is 12.1 Å². The first-order chi connectivity index (χ1) is 12.8. The fraction of sp³-hybridized carbons (Fsp3) is 0. The predicted molar refractivity (Wildman–Crippen MR) is 127 cm³/mol. The van der Waals surface area contributed by atoms with Crippen LogP contribution >= 0.6 is 67.9 Å². The zero-order valence-electron chi connectivity index (χ0n) is 13.2. The average Bonchev–Trinajstić information content (AvgIpc) is 2.61. The summed E-state index contributed by atoms with van der Waals surface area (Å²) in [6.07, 6.45) is 0. The summed E-state index contributed by atoms with van der Waals surface area (Å²) in [7, 11) is -4.22. The van der Waals surface area contributed by atoms with E-state index in [1.54, 1.807) is 12.1 Å². The molecular weight excluding hydrogens is 630 g/mol. The van der Waals surface area contributed by atoms with Gasteiger partial charge in [0.05, 0.1) is 0 Å². The highest BCUT2D eigenvalue weighted by Crippen LogP contribution is 2.27. The molecule has 136 valence electrons. The molecule has 2 aromatic carbocycles. The maximum Gasteiger partial charge on any atom is 0.251 e. The zero-order valence-corrected chi connectivity index (χ0v) is 20.0. The molecule has 2 aromatic heterocycles. The van der Waals surface area contributed by atoms with Gasteiger partial charge in [-0.2, -0.15) is 0 Å². The Bertz CT molecular complexity index is 1350. The van der Waals surface area contributed by atoms with Crippen LogP contribution in [-0.2, 0) is 9.84 Å². The third kappa shape index (κ3) is 3.59. The quantitative estimate of drug-likeness (QED) is 0.294. The van der Waals surface area contributed by atoms with E-state index in [1.807, 2.05) is 24.3 Å². The molecule has 0 saturated carbocycles. The lowest BCUT2D eigenvalue weighted by Crippen LogP contribution is -2.18. The molecule has 4 nitrogen and oxygen atoms in total. The molecule has 2 heterocycles. The average molecular weight is 638 g/mol. The van der Waals surface area contributed by atoms with Crippen molar-refractivity contribution < 1.29 is 8.42 Å². The van der Waals surface area contributed by atoms with Gasteiger partial charge in [0.25, 0.3) is 9.48 Å². The molecule has 4 rings (SSSR count). The van der Waals surface area contributed by atoms with Crippen LogP contribution in [0.25, 0.3) is 20.2 Å². The van der Waals surface area contributed by atoms with Crippen molar-refractivity contribution in [2.45, 2.75) is 9.79 Å². The number of hydrogen-bond donors (Lipinski definition) is 0. The number of benzene rings is 2. The number of rotatable bonds is 2. The largest absolute Gasteiger partial charge is 0.276 e. The maximum absolute atomic E-state index is 13.1. The second-order valence-electron chi connectivity index (χ2n) is 5.66. The summed E-state index contributed by atoms with van der Waals surface area (Å²) in [6.45, 7) is 0. The van der Waals surface area contributed by atoms with Crippen LogP contribution in [0.4, 0.5) is 0 Å². The van der Waals surface area contributed by atoms with E-state index in [9.17, 15) is 18.0 Å². The Balaban J connectivity index is 2.01. The summed E-state index contributed by atoms with van der Waals surface area (Å²) < 4.78 is 28.4. The molecule has 4 aromatic rings. The van der Waals surface area contributed by atoms with Gasteiger partial charge in [-0.25, -0.2) is 8.42 Å². The van der Waals surface area contributed by atoms with Gasteiger partial charge >= 0.3 is 0 Å². The molecule has 0 amide bonds. The van der Waals surface area contributed by atoms with E-state index in [2.05, 4.69) is 45.2 Å². The minimum Gasteiger partial charge on any atom is -0.276 e. The summed E-state index contributed by atoms with van der Waals surface area (Å²) in [4.78, 5) is 24.3. The monoisotopic (exact) mass is 638 g/mol. The maximum atomic E-state index is 13.1. The number of halogens is 2. The van der Waals surface area contributed by atoms with Crippen LogP contribution in [0, 0.1) is 7.14 Å². The Kier molecular flexibility index (Phi) is 5.16. The predicted octanol–water partition coefficient (Wildman–Crippen LogP) is 4.88. The molecule has 0 saturated heterocycles. The zero-order chi connectivity index (χ0) is 19.3. The highest BCUT2D eigenvalue weighted by atomic mass is 127. The second kappa shape index (κ2) is 7.17. The third-order valence-corrected chi connectivity index (χ3v) is 9.26. The molecule has 0 radical (unpaired) electrons. The normalized spacial score (nSPS) is 11.9. The Labute approximate surface area is 189 Å². The van der Waals surface area contributed by atoms with E-state index < -0.39 is 19.3 Å². The fourth-order valence-corrected chi connectivity index (χ4v) is 7.28. The van der Waals surface area contributed by atoms with Gasteiger partial charge in [-0.05, 0) is 104 Å². The highest BCUT2D eigenvalue weighted by molar-refractivity contribution is 14.1. The van der Waals surface area contributed by atoms with Crippen molar-refractivity contribution in [3.63, 3.8) is 0 Å². The fourth-order valence-electron chi connectivity index (χ4n) is 2.64. The van der Waals surface area contributed by atoms with Crippen molar-refractivity contribution in [2.75, 3.05) is 0 Å². The molecular formula is C18H8I2O4S3. The van der Waals surface area contributed by atoms with Gasteiger partial charge in [0.15, 0.2) is 0 Å². The van der Waals surface area contributed by atoms with E-state index >= 15 is 0 Å². The molecule has 0 unspecified atom stereocenters. The number of hydrogen-bond acceptors (Lipinski definition) is 6. The molecule has 0 atom stereocenters. The summed E-state index contributed by atoms with van der Waals surface area (Å²) in [5.74, 6) is 0. The first-order valence-corrected chi connectivity index (χ1v) is 12.7. The van der Waals surface area contributed by atoms with Gasteiger partial charge in [-0.1, -0.05) is 22.7 Å². The lowest BCUT2D eigenvalue weighted by Gasteiger charge is -2.06. The van der Waals surface area contributed by atoms with E-state index in [4.69, 9.17) is 0 Å². The molecule has 27 heavy (non-hydrogen) atoms. The van der Waals surface area contributed by atoms with Gasteiger partial charge < -0.3 is 0 Å². The molecule has 0 N–H and O–H groups in total. The van der Waals surface area contributed by atoms with Crippen molar-refractivity contribution in [2.24, 2.45) is 0 Å². The smallest absolute Gasteiger partial charge is 0.251 e. The van der Waals surface area contributed by atoms with E-state index in [-0.39, 0.29) is 9.79 Å². The Morgan fingerprint density at radius 1 is 0.667 bits per heavy atom. The molecule has 0 aliphatic heterocycles. The number of sulfone groups is 1. The Morgan fingerprint density at radius 2 is 1.07 bits per heavy atom. The van der Waals surface area contributed by atoms with Crippen LogP contribution < -0.4 is 9.48 Å². The van der Waals surface area contributed by atoms with Gasteiger partial charge in [0.1, 0.15) is 9.79 Å². The second-order valence-corrected chi connectivity index (χ2v) is 12.1. The summed E-state index contributed by atoms with van der Waals surface area (Å²) in [6, 6.07) is 13.7. The topological polar surface area (TPSA) is 68.3 Å². The molecule has 0 aliphatic carbocycles. The van der Waals surface area contributed by atoms with Gasteiger partial charge in [0, 0.05) is 16.5 Å². The van der Waals surface area contributed by atoms with Crippen LogP contribution in [0.15, 0.2) is 67.9 Å². The molecule has 9 heteroatoms. The lowest BCUT2D eigenvalue weighted by molar-refractivity contribution is 0.595. The lowest BCUT2D eigenvalue weighted by atomic mass is 10.2. The van der Waals surface area contributed by atoms with Crippen molar-refractivity contribution in [1.82, 2.24) is 0 Å². The standard InChI is InChI=1S/C18H8I2O4S3/c19-11-1-3-13-9(5-11)7-15(17(21)25-13)27(23,24)16-8-10-6-12(20)2-4-14(10)26-18(16)22/h1-8H. The van der Waals surface area contributed by atoms with Crippen molar-refractivity contribution >= 4 is 97.9 Å². The van der Waals surface area contributed by atoms with Gasteiger partial charge in [-0.15, -0.1) is 0 Å². The van der Waals surface area contributed by atoms with Gasteiger partial charge in [0.2, 0.25) is 9.84 Å². The minimum atomic E-state index is -4.22. The SMILES string of the molecule is O=c1sc2ccc(I)cc2cc1S(=O)(=O)c1cc2cc(I)ccc2sc1=O. The molecule has 0 aliphatic rings. The van der Waals surface area contributed by atoms with Gasteiger partial charge in [-0.3, -0.25) is 9.59 Å². The first-order valence-electron chi connectivity index (χ1n) is 7.48. The van der Waals surface area contributed by atoms with Crippen molar-refractivity contribution in [3.05, 3.63) is 74.7 Å².